The molecule has 1 aromatic heterocycles. The highest BCUT2D eigenvalue weighted by Crippen LogP contribution is 2.29. The van der Waals surface area contributed by atoms with Crippen LogP contribution >= 0.6 is 11.6 Å². The third-order valence-electron chi connectivity index (χ3n) is 2.91. The first kappa shape index (κ1) is 13.4. The lowest BCUT2D eigenvalue weighted by molar-refractivity contribution is 0.0996. The van der Waals surface area contributed by atoms with Gasteiger partial charge in [-0.25, -0.2) is 4.68 Å². The second-order valence-electron chi connectivity index (χ2n) is 4.08. The zero-order chi connectivity index (χ0) is 14.0. The van der Waals surface area contributed by atoms with Crippen LogP contribution in [-0.4, -0.2) is 20.9 Å². The SMILES string of the molecule is CCC(c1ccccc1Cl)n1nnc(C(N)=O)c1N. The summed E-state index contributed by atoms with van der Waals surface area (Å²) in [4.78, 5) is 11.1. The lowest BCUT2D eigenvalue weighted by atomic mass is 10.0. The maximum absolute atomic E-state index is 11.1. The molecular formula is C12H14ClN5O. The zero-order valence-corrected chi connectivity index (χ0v) is 11.1. The molecule has 0 spiro atoms. The van der Waals surface area contributed by atoms with Gasteiger partial charge in [0.25, 0.3) is 5.91 Å². The predicted octanol–water partition coefficient (Wildman–Crippen LogP) is 1.61. The number of nitrogens with zero attached hydrogens (tertiary/aromatic N) is 3. The second kappa shape index (κ2) is 5.27. The van der Waals surface area contributed by atoms with Crippen molar-refractivity contribution in [3.8, 4) is 0 Å². The Hall–Kier alpha value is -2.08. The molecule has 0 saturated heterocycles. The number of nitrogen functional groups attached to an aromatic ring is 1. The Labute approximate surface area is 115 Å². The van der Waals surface area contributed by atoms with Crippen molar-refractivity contribution in [3.63, 3.8) is 0 Å². The number of primary amides is 1. The monoisotopic (exact) mass is 279 g/mol. The van der Waals surface area contributed by atoms with Crippen molar-refractivity contribution in [1.82, 2.24) is 15.0 Å². The van der Waals surface area contributed by atoms with E-state index in [9.17, 15) is 4.79 Å². The molecule has 4 N–H and O–H groups in total. The van der Waals surface area contributed by atoms with Gasteiger partial charge >= 0.3 is 0 Å². The number of carbonyl (C=O) groups excluding carboxylic acids is 1. The molecule has 0 aliphatic rings. The van der Waals surface area contributed by atoms with E-state index in [0.29, 0.717) is 11.4 Å². The first-order valence-electron chi connectivity index (χ1n) is 5.81. The van der Waals surface area contributed by atoms with E-state index in [1.54, 1.807) is 6.07 Å². The van der Waals surface area contributed by atoms with Crippen molar-refractivity contribution in [2.24, 2.45) is 5.73 Å². The Morgan fingerprint density at radius 3 is 2.68 bits per heavy atom. The van der Waals surface area contributed by atoms with Crippen LogP contribution in [0.3, 0.4) is 0 Å². The summed E-state index contributed by atoms with van der Waals surface area (Å²) in [5.74, 6) is -0.544. The van der Waals surface area contributed by atoms with Crippen molar-refractivity contribution in [2.75, 3.05) is 5.73 Å². The normalized spacial score (nSPS) is 12.3. The van der Waals surface area contributed by atoms with E-state index >= 15 is 0 Å². The van der Waals surface area contributed by atoms with Gasteiger partial charge in [0, 0.05) is 5.02 Å². The van der Waals surface area contributed by atoms with Gasteiger partial charge in [0.2, 0.25) is 0 Å². The zero-order valence-electron chi connectivity index (χ0n) is 10.4. The molecular weight excluding hydrogens is 266 g/mol. The van der Waals surface area contributed by atoms with E-state index < -0.39 is 5.91 Å². The van der Waals surface area contributed by atoms with E-state index in [1.165, 1.54) is 4.68 Å². The fourth-order valence-electron chi connectivity index (χ4n) is 1.98. The summed E-state index contributed by atoms with van der Waals surface area (Å²) < 4.78 is 1.47. The average molecular weight is 280 g/mol. The summed E-state index contributed by atoms with van der Waals surface area (Å²) >= 11 is 6.18. The molecule has 19 heavy (non-hydrogen) atoms. The van der Waals surface area contributed by atoms with Crippen LogP contribution in [0.2, 0.25) is 5.02 Å². The standard InChI is InChI=1S/C12H14ClN5O/c1-2-9(7-5-3-4-6-8(7)13)18-11(14)10(12(15)19)16-17-18/h3-6,9H,2,14H2,1H3,(H2,15,19). The van der Waals surface area contributed by atoms with Gasteiger partial charge in [-0.05, 0) is 18.1 Å². The van der Waals surface area contributed by atoms with Gasteiger partial charge < -0.3 is 11.5 Å². The van der Waals surface area contributed by atoms with Crippen LogP contribution in [0.5, 0.6) is 0 Å². The number of nitrogens with two attached hydrogens (primary N) is 2. The number of rotatable bonds is 4. The Balaban J connectivity index is 2.49. The van der Waals surface area contributed by atoms with E-state index in [4.69, 9.17) is 23.1 Å². The molecule has 1 heterocycles. The molecule has 0 fully saturated rings. The molecule has 0 saturated carbocycles. The van der Waals surface area contributed by atoms with Crippen molar-refractivity contribution in [2.45, 2.75) is 19.4 Å². The van der Waals surface area contributed by atoms with E-state index in [0.717, 1.165) is 5.56 Å². The maximum Gasteiger partial charge on any atom is 0.273 e. The Morgan fingerprint density at radius 2 is 2.16 bits per heavy atom. The van der Waals surface area contributed by atoms with Crippen LogP contribution in [0.4, 0.5) is 5.82 Å². The Kier molecular flexibility index (Phi) is 3.71. The molecule has 1 aromatic carbocycles. The number of amides is 1. The summed E-state index contributed by atoms with van der Waals surface area (Å²) in [6.07, 6.45) is 0.704. The largest absolute Gasteiger partial charge is 0.382 e. The smallest absolute Gasteiger partial charge is 0.273 e. The summed E-state index contributed by atoms with van der Waals surface area (Å²) in [6.45, 7) is 1.97. The highest BCUT2D eigenvalue weighted by atomic mass is 35.5. The summed E-state index contributed by atoms with van der Waals surface area (Å²) in [7, 11) is 0. The molecule has 0 radical (unpaired) electrons. The first-order chi connectivity index (χ1) is 9.06. The summed E-state index contributed by atoms with van der Waals surface area (Å²) in [6, 6.07) is 7.22. The van der Waals surface area contributed by atoms with Crippen LogP contribution in [0.1, 0.15) is 35.4 Å². The molecule has 2 rings (SSSR count). The highest BCUT2D eigenvalue weighted by molar-refractivity contribution is 6.31. The van der Waals surface area contributed by atoms with Crippen LogP contribution in [0.25, 0.3) is 0 Å². The molecule has 7 heteroatoms. The molecule has 2 aromatic rings. The van der Waals surface area contributed by atoms with Crippen LogP contribution in [0, 0.1) is 0 Å². The lowest BCUT2D eigenvalue weighted by Crippen LogP contribution is -2.17. The van der Waals surface area contributed by atoms with Crippen LogP contribution < -0.4 is 11.5 Å². The molecule has 0 bridgehead atoms. The molecule has 1 amide bonds. The number of aromatic nitrogens is 3. The number of hydrogen-bond donors (Lipinski definition) is 2. The van der Waals surface area contributed by atoms with E-state index in [-0.39, 0.29) is 17.6 Å². The summed E-state index contributed by atoms with van der Waals surface area (Å²) in [5.41, 5.74) is 11.9. The molecule has 0 aliphatic heterocycles. The molecule has 1 atom stereocenters. The minimum Gasteiger partial charge on any atom is -0.382 e. The molecule has 6 nitrogen and oxygen atoms in total. The van der Waals surface area contributed by atoms with Crippen LogP contribution in [-0.2, 0) is 0 Å². The molecule has 1 unspecified atom stereocenters. The quantitative estimate of drug-likeness (QED) is 0.888. The van der Waals surface area contributed by atoms with Gasteiger partial charge in [-0.3, -0.25) is 4.79 Å². The highest BCUT2D eigenvalue weighted by Gasteiger charge is 2.22. The second-order valence-corrected chi connectivity index (χ2v) is 4.48. The predicted molar refractivity (Wildman–Crippen MR) is 72.8 cm³/mol. The maximum atomic E-state index is 11.1. The number of carbonyl (C=O) groups is 1. The average Bonchev–Trinajstić information content (AvgIpc) is 2.75. The van der Waals surface area contributed by atoms with Crippen molar-refractivity contribution >= 4 is 23.3 Å². The topological polar surface area (TPSA) is 99.8 Å². The number of benzene rings is 1. The van der Waals surface area contributed by atoms with E-state index in [1.807, 2.05) is 25.1 Å². The number of halogens is 1. The number of anilines is 1. The van der Waals surface area contributed by atoms with Crippen molar-refractivity contribution in [1.29, 1.82) is 0 Å². The Morgan fingerprint density at radius 1 is 1.47 bits per heavy atom. The summed E-state index contributed by atoms with van der Waals surface area (Å²) in [5, 5.41) is 8.23. The molecule has 0 aliphatic carbocycles. The lowest BCUT2D eigenvalue weighted by Gasteiger charge is -2.17. The number of hydrogen-bond acceptors (Lipinski definition) is 4. The van der Waals surface area contributed by atoms with Gasteiger partial charge in [0.15, 0.2) is 11.5 Å². The van der Waals surface area contributed by atoms with Gasteiger partial charge in [-0.1, -0.05) is 41.9 Å². The first-order valence-corrected chi connectivity index (χ1v) is 6.19. The molecule has 100 valence electrons. The minimum absolute atomic E-state index is 0.0227. The van der Waals surface area contributed by atoms with Gasteiger partial charge in [-0.2, -0.15) is 0 Å². The van der Waals surface area contributed by atoms with Gasteiger partial charge in [0.1, 0.15) is 0 Å². The van der Waals surface area contributed by atoms with E-state index in [2.05, 4.69) is 10.3 Å². The van der Waals surface area contributed by atoms with Crippen LogP contribution in [0.15, 0.2) is 24.3 Å². The Bertz CT molecular complexity index is 610. The van der Waals surface area contributed by atoms with Gasteiger partial charge in [0.05, 0.1) is 6.04 Å². The fourth-order valence-corrected chi connectivity index (χ4v) is 2.24. The van der Waals surface area contributed by atoms with Crippen molar-refractivity contribution < 1.29 is 4.79 Å². The third-order valence-corrected chi connectivity index (χ3v) is 3.25. The van der Waals surface area contributed by atoms with Gasteiger partial charge in [-0.15, -0.1) is 5.10 Å². The fraction of sp³-hybridized carbons (Fsp3) is 0.250. The minimum atomic E-state index is -0.697. The van der Waals surface area contributed by atoms with Crippen molar-refractivity contribution in [3.05, 3.63) is 40.5 Å². The third kappa shape index (κ3) is 2.39.